The van der Waals surface area contributed by atoms with E-state index in [9.17, 15) is 9.59 Å². The summed E-state index contributed by atoms with van der Waals surface area (Å²) in [6.07, 6.45) is 2.21. The average Bonchev–Trinajstić information content (AvgIpc) is 2.87. The molecule has 8 heteroatoms. The van der Waals surface area contributed by atoms with Crippen LogP contribution in [0.4, 0.5) is 21.9 Å². The summed E-state index contributed by atoms with van der Waals surface area (Å²) in [6, 6.07) is 12.3. The molecule has 1 fully saturated rings. The molecule has 2 aromatic rings. The van der Waals surface area contributed by atoms with Crippen molar-refractivity contribution in [2.75, 3.05) is 61.9 Å². The summed E-state index contributed by atoms with van der Waals surface area (Å²) in [5, 5.41) is 8.73. The fourth-order valence-corrected chi connectivity index (χ4v) is 4.28. The van der Waals surface area contributed by atoms with Gasteiger partial charge >= 0.3 is 6.03 Å². The van der Waals surface area contributed by atoms with Crippen molar-refractivity contribution in [1.82, 2.24) is 10.2 Å². The van der Waals surface area contributed by atoms with Crippen molar-refractivity contribution in [2.24, 2.45) is 5.92 Å². The molecule has 3 amide bonds. The number of hydrogen-bond acceptors (Lipinski definition) is 5. The number of nitrogens with one attached hydrogen (secondary N) is 3. The van der Waals surface area contributed by atoms with Crippen LogP contribution >= 0.6 is 0 Å². The normalized spacial score (nSPS) is 14.0. The Kier molecular flexibility index (Phi) is 9.78. The lowest BCUT2D eigenvalue weighted by Crippen LogP contribution is -2.37. The highest BCUT2D eigenvalue weighted by molar-refractivity contribution is 6.04. The molecule has 1 heterocycles. The van der Waals surface area contributed by atoms with Crippen molar-refractivity contribution in [1.29, 1.82) is 0 Å². The van der Waals surface area contributed by atoms with Gasteiger partial charge in [-0.05, 0) is 62.2 Å². The molecule has 2 aromatic carbocycles. The smallest absolute Gasteiger partial charge is 0.323 e. The molecule has 0 aliphatic carbocycles. The number of hydrogen-bond donors (Lipinski definition) is 3. The molecule has 8 nitrogen and oxygen atoms in total. The van der Waals surface area contributed by atoms with Gasteiger partial charge in [-0.1, -0.05) is 26.8 Å². The summed E-state index contributed by atoms with van der Waals surface area (Å²) in [7, 11) is 1.58. The maximum atomic E-state index is 13.2. The molecule has 3 rings (SSSR count). The van der Waals surface area contributed by atoms with Crippen LogP contribution in [-0.2, 0) is 0 Å². The fourth-order valence-electron chi connectivity index (χ4n) is 4.28. The highest BCUT2D eigenvalue weighted by atomic mass is 16.5. The lowest BCUT2D eigenvalue weighted by Gasteiger charge is -2.33. The first-order chi connectivity index (χ1) is 16.9. The maximum absolute atomic E-state index is 13.2. The summed E-state index contributed by atoms with van der Waals surface area (Å²) in [4.78, 5) is 30.4. The van der Waals surface area contributed by atoms with Crippen molar-refractivity contribution in [2.45, 2.75) is 33.6 Å². The highest BCUT2D eigenvalue weighted by Gasteiger charge is 2.22. The molecule has 0 atom stereocenters. The van der Waals surface area contributed by atoms with Crippen molar-refractivity contribution in [3.05, 3.63) is 48.0 Å². The van der Waals surface area contributed by atoms with E-state index in [1.807, 2.05) is 24.3 Å². The Bertz CT molecular complexity index is 985. The zero-order chi connectivity index (χ0) is 25.2. The second kappa shape index (κ2) is 13.0. The van der Waals surface area contributed by atoms with E-state index < -0.39 is 0 Å². The first-order valence-corrected chi connectivity index (χ1v) is 12.5. The number of anilines is 3. The number of methoxy groups -OCH3 is 1. The van der Waals surface area contributed by atoms with Crippen molar-refractivity contribution in [3.63, 3.8) is 0 Å². The molecule has 190 valence electrons. The zero-order valence-electron chi connectivity index (χ0n) is 21.4. The van der Waals surface area contributed by atoms with Gasteiger partial charge in [-0.25, -0.2) is 4.79 Å². The Balaban J connectivity index is 1.74. The molecular formula is C27H39N5O3. The van der Waals surface area contributed by atoms with Gasteiger partial charge in [-0.15, -0.1) is 0 Å². The predicted octanol–water partition coefficient (Wildman–Crippen LogP) is 4.65. The average molecular weight is 482 g/mol. The monoisotopic (exact) mass is 481 g/mol. The van der Waals surface area contributed by atoms with E-state index in [1.165, 1.54) is 0 Å². The summed E-state index contributed by atoms with van der Waals surface area (Å²) in [5.41, 5.74) is 2.68. The third-order valence-electron chi connectivity index (χ3n) is 6.56. The number of likely N-dealkylation sites (N-methyl/N-ethyl adjacent to an activating group) is 1. The SMILES string of the molecule is CCN(CC)CCNC(=O)c1cc(NC(=O)Nc2cccc(OC)c2)ccc1N1CCC(C)CC1. The number of carbonyl (C=O) groups is 2. The molecule has 0 aromatic heterocycles. The van der Waals surface area contributed by atoms with E-state index in [1.54, 1.807) is 25.3 Å². The number of benzene rings is 2. The van der Waals surface area contributed by atoms with Crippen LogP contribution < -0.4 is 25.6 Å². The van der Waals surface area contributed by atoms with E-state index in [0.717, 1.165) is 51.3 Å². The predicted molar refractivity (Wildman–Crippen MR) is 143 cm³/mol. The minimum atomic E-state index is -0.384. The van der Waals surface area contributed by atoms with Crippen LogP contribution in [0.25, 0.3) is 0 Å². The fraction of sp³-hybridized carbons (Fsp3) is 0.481. The van der Waals surface area contributed by atoms with Gasteiger partial charge in [0.1, 0.15) is 5.75 Å². The van der Waals surface area contributed by atoms with Gasteiger partial charge < -0.3 is 30.5 Å². The molecule has 0 spiro atoms. The summed E-state index contributed by atoms with van der Waals surface area (Å²) in [5.74, 6) is 1.23. The molecule has 0 unspecified atom stereocenters. The van der Waals surface area contributed by atoms with Gasteiger partial charge in [0.05, 0.1) is 12.7 Å². The maximum Gasteiger partial charge on any atom is 0.323 e. The van der Waals surface area contributed by atoms with Gasteiger partial charge in [0.25, 0.3) is 5.91 Å². The van der Waals surface area contributed by atoms with E-state index in [0.29, 0.717) is 35.2 Å². The number of urea groups is 1. The van der Waals surface area contributed by atoms with Gasteiger partial charge in [-0.2, -0.15) is 0 Å². The molecule has 0 radical (unpaired) electrons. The number of piperidine rings is 1. The zero-order valence-corrected chi connectivity index (χ0v) is 21.4. The Morgan fingerprint density at radius 3 is 2.37 bits per heavy atom. The molecule has 1 saturated heterocycles. The summed E-state index contributed by atoms with van der Waals surface area (Å²) >= 11 is 0. The number of nitrogens with zero attached hydrogens (tertiary/aromatic N) is 2. The van der Waals surface area contributed by atoms with Crippen molar-refractivity contribution >= 4 is 29.0 Å². The topological polar surface area (TPSA) is 85.9 Å². The first-order valence-electron chi connectivity index (χ1n) is 12.5. The van der Waals surface area contributed by atoms with Gasteiger partial charge in [0.2, 0.25) is 0 Å². The van der Waals surface area contributed by atoms with Crippen molar-refractivity contribution in [3.8, 4) is 5.75 Å². The summed E-state index contributed by atoms with van der Waals surface area (Å²) < 4.78 is 5.21. The van der Waals surface area contributed by atoms with Gasteiger partial charge in [0.15, 0.2) is 0 Å². The van der Waals surface area contributed by atoms with Crippen molar-refractivity contribution < 1.29 is 14.3 Å². The third kappa shape index (κ3) is 7.62. The number of amides is 3. The van der Waals surface area contributed by atoms with E-state index in [4.69, 9.17) is 4.74 Å². The van der Waals surface area contributed by atoms with E-state index in [2.05, 4.69) is 46.5 Å². The third-order valence-corrected chi connectivity index (χ3v) is 6.56. The Hall–Kier alpha value is -3.26. The highest BCUT2D eigenvalue weighted by Crippen LogP contribution is 2.29. The molecule has 0 saturated carbocycles. The number of rotatable bonds is 10. The lowest BCUT2D eigenvalue weighted by molar-refractivity contribution is 0.0949. The molecule has 1 aliphatic rings. The lowest BCUT2D eigenvalue weighted by atomic mass is 9.98. The first kappa shape index (κ1) is 26.3. The van der Waals surface area contributed by atoms with Crippen LogP contribution in [0.5, 0.6) is 5.75 Å². The quantitative estimate of drug-likeness (QED) is 0.460. The molecule has 1 aliphatic heterocycles. The largest absolute Gasteiger partial charge is 0.497 e. The number of carbonyl (C=O) groups excluding carboxylic acids is 2. The van der Waals surface area contributed by atoms with Gasteiger partial charge in [-0.3, -0.25) is 4.79 Å². The minimum Gasteiger partial charge on any atom is -0.497 e. The van der Waals surface area contributed by atoms with Crippen LogP contribution in [-0.4, -0.2) is 63.2 Å². The standard InChI is InChI=1S/C27H39N5O3/c1-5-31(6-2)17-14-28-26(33)24-19-22(10-11-25(24)32-15-12-20(3)13-16-32)30-27(34)29-21-8-7-9-23(18-21)35-4/h7-11,18-20H,5-6,12-17H2,1-4H3,(H,28,33)(H2,29,30,34). The molecular weight excluding hydrogens is 442 g/mol. The second-order valence-electron chi connectivity index (χ2n) is 9.00. The molecule has 35 heavy (non-hydrogen) atoms. The Morgan fingerprint density at radius 2 is 1.71 bits per heavy atom. The Morgan fingerprint density at radius 1 is 1.03 bits per heavy atom. The molecule has 0 bridgehead atoms. The summed E-state index contributed by atoms with van der Waals surface area (Å²) in [6.45, 7) is 11.6. The van der Waals surface area contributed by atoms with Crippen LogP contribution in [0.1, 0.15) is 44.0 Å². The van der Waals surface area contributed by atoms with Crippen LogP contribution in [0.15, 0.2) is 42.5 Å². The van der Waals surface area contributed by atoms with Gasteiger partial charge in [0, 0.05) is 49.3 Å². The Labute approximate surface area is 209 Å². The van der Waals surface area contributed by atoms with E-state index >= 15 is 0 Å². The van der Waals surface area contributed by atoms with Crippen LogP contribution in [0.2, 0.25) is 0 Å². The minimum absolute atomic E-state index is 0.123. The van der Waals surface area contributed by atoms with Crippen LogP contribution in [0.3, 0.4) is 0 Å². The van der Waals surface area contributed by atoms with E-state index in [-0.39, 0.29) is 11.9 Å². The molecule has 3 N–H and O–H groups in total. The second-order valence-corrected chi connectivity index (χ2v) is 9.00. The number of ether oxygens (including phenoxy) is 1. The van der Waals surface area contributed by atoms with Crippen LogP contribution in [0, 0.1) is 5.92 Å².